The van der Waals surface area contributed by atoms with Crippen LogP contribution in [-0.4, -0.2) is 44.0 Å². The molecule has 0 saturated carbocycles. The molecule has 0 atom stereocenters. The van der Waals surface area contributed by atoms with Gasteiger partial charge in [-0.15, -0.1) is 10.2 Å². The van der Waals surface area contributed by atoms with Crippen molar-refractivity contribution in [3.8, 4) is 5.82 Å². The third-order valence-electron chi connectivity index (χ3n) is 4.48. The van der Waals surface area contributed by atoms with Crippen LogP contribution in [0, 0.1) is 5.92 Å². The SMILES string of the molecule is O=C(Nc1ccccn1)C1CCN(c2ccc(-n3cccn3)nn2)CC1. The van der Waals surface area contributed by atoms with Gasteiger partial charge in [-0.1, -0.05) is 6.07 Å². The standard InChI is InChI=1S/C18H19N7O/c26-18(21-15-4-1-2-9-19-15)14-7-12-24(13-8-14)16-5-6-17(23-22-16)25-11-3-10-20-25/h1-6,9-11,14H,7-8,12-13H2,(H,19,21,26). The fraction of sp³-hybridized carbons (Fsp3) is 0.278. The average Bonchev–Trinajstić information content (AvgIpc) is 3.24. The average molecular weight is 349 g/mol. The van der Waals surface area contributed by atoms with Crippen molar-refractivity contribution >= 4 is 17.5 Å². The second-order valence-corrected chi connectivity index (χ2v) is 6.17. The molecule has 3 aromatic heterocycles. The summed E-state index contributed by atoms with van der Waals surface area (Å²) in [6.07, 6.45) is 6.76. The predicted octanol–water partition coefficient (Wildman–Crippen LogP) is 1.91. The summed E-state index contributed by atoms with van der Waals surface area (Å²) in [6.45, 7) is 1.55. The number of hydrogen-bond acceptors (Lipinski definition) is 6. The maximum Gasteiger partial charge on any atom is 0.228 e. The third kappa shape index (κ3) is 3.53. The third-order valence-corrected chi connectivity index (χ3v) is 4.48. The summed E-state index contributed by atoms with van der Waals surface area (Å²) < 4.78 is 1.67. The number of rotatable bonds is 4. The Labute approximate surface area is 150 Å². The van der Waals surface area contributed by atoms with Crippen molar-refractivity contribution in [2.75, 3.05) is 23.3 Å². The topological polar surface area (TPSA) is 88.8 Å². The van der Waals surface area contributed by atoms with Crippen LogP contribution in [0.25, 0.3) is 5.82 Å². The Morgan fingerprint density at radius 1 is 1.00 bits per heavy atom. The minimum atomic E-state index is -0.00966. The Balaban J connectivity index is 1.34. The zero-order chi connectivity index (χ0) is 17.8. The van der Waals surface area contributed by atoms with Crippen molar-refractivity contribution in [3.63, 3.8) is 0 Å². The second-order valence-electron chi connectivity index (χ2n) is 6.17. The Kier molecular flexibility index (Phi) is 4.55. The van der Waals surface area contributed by atoms with Crippen LogP contribution in [0.2, 0.25) is 0 Å². The number of anilines is 2. The summed E-state index contributed by atoms with van der Waals surface area (Å²) in [7, 11) is 0. The fourth-order valence-electron chi connectivity index (χ4n) is 3.05. The highest BCUT2D eigenvalue weighted by atomic mass is 16.1. The zero-order valence-corrected chi connectivity index (χ0v) is 14.2. The van der Waals surface area contributed by atoms with Gasteiger partial charge in [-0.2, -0.15) is 5.10 Å². The van der Waals surface area contributed by atoms with Gasteiger partial charge in [0.25, 0.3) is 0 Å². The van der Waals surface area contributed by atoms with Crippen LogP contribution in [0.5, 0.6) is 0 Å². The maximum absolute atomic E-state index is 12.4. The van der Waals surface area contributed by atoms with E-state index in [1.165, 1.54) is 0 Å². The van der Waals surface area contributed by atoms with Crippen LogP contribution in [0.4, 0.5) is 11.6 Å². The summed E-state index contributed by atoms with van der Waals surface area (Å²) in [5, 5.41) is 15.6. The first kappa shape index (κ1) is 16.2. The van der Waals surface area contributed by atoms with Gasteiger partial charge >= 0.3 is 0 Å². The van der Waals surface area contributed by atoms with Gasteiger partial charge in [0.1, 0.15) is 5.82 Å². The van der Waals surface area contributed by atoms with Crippen LogP contribution in [-0.2, 0) is 4.79 Å². The summed E-state index contributed by atoms with van der Waals surface area (Å²) in [5.74, 6) is 2.13. The minimum Gasteiger partial charge on any atom is -0.355 e. The molecule has 0 aliphatic carbocycles. The first-order chi connectivity index (χ1) is 12.8. The molecule has 1 saturated heterocycles. The number of carbonyl (C=O) groups excluding carboxylic acids is 1. The number of amides is 1. The molecule has 0 spiro atoms. The first-order valence-electron chi connectivity index (χ1n) is 8.60. The van der Waals surface area contributed by atoms with Crippen LogP contribution in [0.3, 0.4) is 0 Å². The molecule has 0 bridgehead atoms. The monoisotopic (exact) mass is 349 g/mol. The number of nitrogens with zero attached hydrogens (tertiary/aromatic N) is 6. The fourth-order valence-corrected chi connectivity index (χ4v) is 3.05. The molecule has 3 aromatic rings. The van der Waals surface area contributed by atoms with Gasteiger partial charge in [0.2, 0.25) is 5.91 Å². The van der Waals surface area contributed by atoms with Gasteiger partial charge in [0.15, 0.2) is 11.6 Å². The van der Waals surface area contributed by atoms with Crippen LogP contribution in [0.1, 0.15) is 12.8 Å². The Morgan fingerprint density at radius 2 is 1.81 bits per heavy atom. The van der Waals surface area contributed by atoms with Gasteiger partial charge in [-0.25, -0.2) is 9.67 Å². The maximum atomic E-state index is 12.4. The molecule has 1 aliphatic heterocycles. The molecule has 1 fully saturated rings. The summed E-state index contributed by atoms with van der Waals surface area (Å²) >= 11 is 0. The summed E-state index contributed by atoms with van der Waals surface area (Å²) in [6, 6.07) is 11.2. The first-order valence-corrected chi connectivity index (χ1v) is 8.60. The lowest BCUT2D eigenvalue weighted by Crippen LogP contribution is -2.38. The van der Waals surface area contributed by atoms with Crippen molar-refractivity contribution in [2.24, 2.45) is 5.92 Å². The molecule has 0 unspecified atom stereocenters. The van der Waals surface area contributed by atoms with E-state index in [0.717, 1.165) is 31.7 Å². The van der Waals surface area contributed by atoms with E-state index < -0.39 is 0 Å². The molecule has 4 heterocycles. The van der Waals surface area contributed by atoms with Crippen molar-refractivity contribution in [3.05, 3.63) is 55.0 Å². The van der Waals surface area contributed by atoms with E-state index in [0.29, 0.717) is 11.6 Å². The van der Waals surface area contributed by atoms with Gasteiger partial charge < -0.3 is 10.2 Å². The van der Waals surface area contributed by atoms with E-state index in [4.69, 9.17) is 0 Å². The lowest BCUT2D eigenvalue weighted by molar-refractivity contribution is -0.120. The molecule has 8 heteroatoms. The van der Waals surface area contributed by atoms with E-state index in [-0.39, 0.29) is 11.8 Å². The number of hydrogen-bond donors (Lipinski definition) is 1. The molecular weight excluding hydrogens is 330 g/mol. The molecule has 0 aromatic carbocycles. The van der Waals surface area contributed by atoms with Gasteiger partial charge in [-0.05, 0) is 43.2 Å². The zero-order valence-electron chi connectivity index (χ0n) is 14.2. The second kappa shape index (κ2) is 7.30. The van der Waals surface area contributed by atoms with Crippen LogP contribution >= 0.6 is 0 Å². The highest BCUT2D eigenvalue weighted by Crippen LogP contribution is 2.22. The molecule has 1 aliphatic rings. The number of aromatic nitrogens is 5. The molecule has 1 amide bonds. The van der Waals surface area contributed by atoms with Crippen molar-refractivity contribution in [2.45, 2.75) is 12.8 Å². The predicted molar refractivity (Wildman–Crippen MR) is 97.0 cm³/mol. The van der Waals surface area contributed by atoms with Gasteiger partial charge in [0, 0.05) is 37.6 Å². The van der Waals surface area contributed by atoms with Crippen LogP contribution in [0.15, 0.2) is 55.0 Å². The Morgan fingerprint density at radius 3 is 2.46 bits per heavy atom. The number of pyridine rings is 1. The highest BCUT2D eigenvalue weighted by Gasteiger charge is 2.26. The lowest BCUT2D eigenvalue weighted by atomic mass is 9.96. The van der Waals surface area contributed by atoms with E-state index >= 15 is 0 Å². The number of carbonyl (C=O) groups is 1. The molecule has 4 rings (SSSR count). The van der Waals surface area contributed by atoms with Crippen molar-refractivity contribution in [1.29, 1.82) is 0 Å². The molecular formula is C18H19N7O. The largest absolute Gasteiger partial charge is 0.355 e. The molecule has 1 N–H and O–H groups in total. The normalized spacial score (nSPS) is 15.0. The van der Waals surface area contributed by atoms with Gasteiger partial charge in [0.05, 0.1) is 0 Å². The van der Waals surface area contributed by atoms with E-state index in [9.17, 15) is 4.79 Å². The summed E-state index contributed by atoms with van der Waals surface area (Å²) in [4.78, 5) is 18.7. The molecule has 26 heavy (non-hydrogen) atoms. The highest BCUT2D eigenvalue weighted by molar-refractivity contribution is 5.91. The van der Waals surface area contributed by atoms with Crippen molar-refractivity contribution < 1.29 is 4.79 Å². The lowest BCUT2D eigenvalue weighted by Gasteiger charge is -2.31. The van der Waals surface area contributed by atoms with Crippen molar-refractivity contribution in [1.82, 2.24) is 25.0 Å². The molecule has 0 radical (unpaired) electrons. The summed E-state index contributed by atoms with van der Waals surface area (Å²) in [5.41, 5.74) is 0. The molecule has 8 nitrogen and oxygen atoms in total. The van der Waals surface area contributed by atoms with E-state index in [1.54, 1.807) is 23.1 Å². The van der Waals surface area contributed by atoms with Crippen LogP contribution < -0.4 is 10.2 Å². The minimum absolute atomic E-state index is 0.00966. The van der Waals surface area contributed by atoms with Gasteiger partial charge in [-0.3, -0.25) is 4.79 Å². The van der Waals surface area contributed by atoms with E-state index in [2.05, 4.69) is 30.5 Å². The quantitative estimate of drug-likeness (QED) is 0.774. The Hall–Kier alpha value is -3.29. The Bertz CT molecular complexity index is 841. The van der Waals surface area contributed by atoms with E-state index in [1.807, 2.05) is 36.5 Å². The molecule has 132 valence electrons. The smallest absolute Gasteiger partial charge is 0.228 e. The number of piperidine rings is 1. The number of nitrogens with one attached hydrogen (secondary N) is 1.